The minimum absolute atomic E-state index is 0.491. The number of rotatable bonds is 0. The Morgan fingerprint density at radius 3 is 2.38 bits per heavy atom. The molecule has 0 saturated carbocycles. The first-order chi connectivity index (χ1) is 3.63. The Morgan fingerprint density at radius 1 is 1.62 bits per heavy atom. The van der Waals surface area contributed by atoms with Crippen LogP contribution in [0, 0.1) is 17.1 Å². The highest BCUT2D eigenvalue weighted by Crippen LogP contribution is 2.43. The molecule has 0 aromatic rings. The fraction of sp³-hybridized carbons (Fsp3) is 0.857. The van der Waals surface area contributed by atoms with Gasteiger partial charge in [-0.2, -0.15) is 11.8 Å². The van der Waals surface area contributed by atoms with Crippen LogP contribution in [0.1, 0.15) is 20.8 Å². The Labute approximate surface area is 56.0 Å². The second kappa shape index (κ2) is 1.94. The van der Waals surface area contributed by atoms with Gasteiger partial charge in [0.1, 0.15) is 0 Å². The molecule has 1 aliphatic rings. The maximum Gasteiger partial charge on any atom is 0.0225 e. The van der Waals surface area contributed by atoms with Crippen molar-refractivity contribution in [1.29, 1.82) is 0 Å². The maximum absolute atomic E-state index is 2.36. The summed E-state index contributed by atoms with van der Waals surface area (Å²) in [6, 6.07) is 0. The third-order valence-electron chi connectivity index (χ3n) is 2.00. The molecule has 0 aromatic carbocycles. The van der Waals surface area contributed by atoms with E-state index in [9.17, 15) is 0 Å². The van der Waals surface area contributed by atoms with Crippen molar-refractivity contribution in [3.05, 3.63) is 5.75 Å². The SMILES string of the molecule is CC1CS[CH]C1(C)C. The van der Waals surface area contributed by atoms with Crippen LogP contribution in [0.5, 0.6) is 0 Å². The Kier molecular flexibility index (Phi) is 1.57. The number of hydrogen-bond acceptors (Lipinski definition) is 1. The molecule has 0 nitrogen and oxygen atoms in total. The van der Waals surface area contributed by atoms with E-state index in [1.54, 1.807) is 0 Å². The molecule has 1 rings (SSSR count). The average Bonchev–Trinajstić information content (AvgIpc) is 1.86. The van der Waals surface area contributed by atoms with E-state index in [0.717, 1.165) is 5.92 Å². The van der Waals surface area contributed by atoms with Gasteiger partial charge in [-0.15, -0.1) is 0 Å². The summed E-state index contributed by atoms with van der Waals surface area (Å²) in [4.78, 5) is 0. The van der Waals surface area contributed by atoms with Gasteiger partial charge in [0.25, 0.3) is 0 Å². The highest BCUT2D eigenvalue weighted by atomic mass is 32.2. The highest BCUT2D eigenvalue weighted by molar-refractivity contribution is 8.01. The van der Waals surface area contributed by atoms with Gasteiger partial charge in [0.2, 0.25) is 0 Å². The van der Waals surface area contributed by atoms with Crippen LogP contribution in [0.15, 0.2) is 0 Å². The molecule has 8 heavy (non-hydrogen) atoms. The lowest BCUT2D eigenvalue weighted by Crippen LogP contribution is -2.15. The fourth-order valence-corrected chi connectivity index (χ4v) is 2.21. The van der Waals surface area contributed by atoms with Crippen LogP contribution in [0.4, 0.5) is 0 Å². The quantitative estimate of drug-likeness (QED) is 0.484. The van der Waals surface area contributed by atoms with Crippen molar-refractivity contribution in [1.82, 2.24) is 0 Å². The molecule has 1 saturated heterocycles. The first kappa shape index (κ1) is 6.47. The summed E-state index contributed by atoms with van der Waals surface area (Å²) < 4.78 is 0. The van der Waals surface area contributed by atoms with Gasteiger partial charge < -0.3 is 0 Å². The first-order valence-corrected chi connectivity index (χ1v) is 4.14. The van der Waals surface area contributed by atoms with Gasteiger partial charge in [-0.05, 0) is 17.1 Å². The minimum Gasteiger partial charge on any atom is -0.157 e. The van der Waals surface area contributed by atoms with Gasteiger partial charge >= 0.3 is 0 Å². The van der Waals surface area contributed by atoms with Crippen LogP contribution in [-0.4, -0.2) is 5.75 Å². The van der Waals surface area contributed by atoms with Gasteiger partial charge in [0, 0.05) is 5.75 Å². The Hall–Kier alpha value is 0.350. The Bertz CT molecular complexity index is 86.4. The summed E-state index contributed by atoms with van der Waals surface area (Å²) in [7, 11) is 0. The standard InChI is InChI=1S/C7H13S/c1-6-4-8-5-7(6,2)3/h5-6H,4H2,1-3H3. The molecule has 1 radical (unpaired) electrons. The largest absolute Gasteiger partial charge is 0.157 e. The van der Waals surface area contributed by atoms with Gasteiger partial charge in [-0.1, -0.05) is 20.8 Å². The fourth-order valence-electron chi connectivity index (χ4n) is 0.738. The van der Waals surface area contributed by atoms with Crippen molar-refractivity contribution >= 4 is 11.8 Å². The molecule has 0 bridgehead atoms. The van der Waals surface area contributed by atoms with Crippen molar-refractivity contribution in [3.8, 4) is 0 Å². The molecule has 0 N–H and O–H groups in total. The van der Waals surface area contributed by atoms with E-state index in [4.69, 9.17) is 0 Å². The predicted octanol–water partition coefficient (Wildman–Crippen LogP) is 2.56. The third-order valence-corrected chi connectivity index (χ3v) is 3.47. The van der Waals surface area contributed by atoms with Crippen LogP contribution in [0.3, 0.4) is 0 Å². The highest BCUT2D eigenvalue weighted by Gasteiger charge is 2.31. The predicted molar refractivity (Wildman–Crippen MR) is 39.7 cm³/mol. The molecule has 0 spiro atoms. The molecule has 1 fully saturated rings. The van der Waals surface area contributed by atoms with Crippen LogP contribution >= 0.6 is 11.8 Å². The van der Waals surface area contributed by atoms with Crippen LogP contribution in [0.25, 0.3) is 0 Å². The zero-order chi connectivity index (χ0) is 6.20. The molecule has 0 aliphatic carbocycles. The summed E-state index contributed by atoms with van der Waals surface area (Å²) >= 11 is 1.96. The van der Waals surface area contributed by atoms with E-state index in [2.05, 4.69) is 26.5 Å². The van der Waals surface area contributed by atoms with Crippen molar-refractivity contribution in [2.45, 2.75) is 20.8 Å². The van der Waals surface area contributed by atoms with E-state index in [1.165, 1.54) is 5.75 Å². The Balaban J connectivity index is 2.54. The van der Waals surface area contributed by atoms with Gasteiger partial charge in [0.05, 0.1) is 0 Å². The summed E-state index contributed by atoms with van der Waals surface area (Å²) in [5.74, 6) is 4.54. The normalized spacial score (nSPS) is 35.6. The minimum atomic E-state index is 0.491. The lowest BCUT2D eigenvalue weighted by atomic mass is 9.84. The smallest absolute Gasteiger partial charge is 0.0225 e. The molecule has 47 valence electrons. The molecular formula is C7H13S. The molecule has 1 heteroatoms. The van der Waals surface area contributed by atoms with E-state index >= 15 is 0 Å². The van der Waals surface area contributed by atoms with Crippen molar-refractivity contribution < 1.29 is 0 Å². The summed E-state index contributed by atoms with van der Waals surface area (Å²) in [5.41, 5.74) is 0.491. The van der Waals surface area contributed by atoms with Crippen LogP contribution < -0.4 is 0 Å². The summed E-state index contributed by atoms with van der Waals surface area (Å²) in [5, 5.41) is 0. The van der Waals surface area contributed by atoms with Gasteiger partial charge in [-0.25, -0.2) is 0 Å². The van der Waals surface area contributed by atoms with Crippen molar-refractivity contribution in [2.24, 2.45) is 11.3 Å². The molecule has 1 atom stereocenters. The molecule has 1 heterocycles. The van der Waals surface area contributed by atoms with E-state index < -0.39 is 0 Å². The van der Waals surface area contributed by atoms with E-state index in [0.29, 0.717) is 5.41 Å². The van der Waals surface area contributed by atoms with E-state index in [1.807, 2.05) is 11.8 Å². The first-order valence-electron chi connectivity index (χ1n) is 3.09. The number of thioether (sulfide) groups is 1. The monoisotopic (exact) mass is 129 g/mol. The summed E-state index contributed by atoms with van der Waals surface area (Å²) in [6.45, 7) is 6.92. The molecule has 1 aliphatic heterocycles. The third kappa shape index (κ3) is 1.02. The molecule has 0 aromatic heterocycles. The van der Waals surface area contributed by atoms with Crippen LogP contribution in [0.2, 0.25) is 0 Å². The Morgan fingerprint density at radius 2 is 2.25 bits per heavy atom. The lowest BCUT2D eigenvalue weighted by Gasteiger charge is -2.20. The second-order valence-corrected chi connectivity index (χ2v) is 4.08. The maximum atomic E-state index is 2.36. The zero-order valence-electron chi connectivity index (χ0n) is 5.77. The second-order valence-electron chi connectivity index (χ2n) is 3.17. The zero-order valence-corrected chi connectivity index (χ0v) is 6.59. The van der Waals surface area contributed by atoms with Gasteiger partial charge in [-0.3, -0.25) is 0 Å². The summed E-state index contributed by atoms with van der Waals surface area (Å²) in [6.07, 6.45) is 0. The number of hydrogen-bond donors (Lipinski definition) is 0. The van der Waals surface area contributed by atoms with E-state index in [-0.39, 0.29) is 0 Å². The molecule has 1 unspecified atom stereocenters. The van der Waals surface area contributed by atoms with Crippen molar-refractivity contribution in [3.63, 3.8) is 0 Å². The molecular weight excluding hydrogens is 116 g/mol. The van der Waals surface area contributed by atoms with Gasteiger partial charge in [0.15, 0.2) is 0 Å². The van der Waals surface area contributed by atoms with Crippen LogP contribution in [-0.2, 0) is 0 Å². The topological polar surface area (TPSA) is 0 Å². The molecule has 0 amide bonds. The lowest BCUT2D eigenvalue weighted by molar-refractivity contribution is 0.342. The van der Waals surface area contributed by atoms with Crippen molar-refractivity contribution in [2.75, 3.05) is 5.75 Å². The average molecular weight is 129 g/mol.